The number of hydrogen-bond donors (Lipinski definition) is 2. The van der Waals surface area contributed by atoms with Crippen LogP contribution in [0.3, 0.4) is 0 Å². The minimum Gasteiger partial charge on any atom is -0.308 e. The highest BCUT2D eigenvalue weighted by atomic mass is 32.1. The Kier molecular flexibility index (Phi) is 4.37. The minimum absolute atomic E-state index is 0.271. The fraction of sp³-hybridized carbons (Fsp3) is 0.0476. The topological polar surface area (TPSA) is 54.0 Å². The molecule has 0 bridgehead atoms. The van der Waals surface area contributed by atoms with E-state index in [0.29, 0.717) is 0 Å². The maximum atomic E-state index is 12.3. The van der Waals surface area contributed by atoms with E-state index in [-0.39, 0.29) is 6.03 Å². The number of amides is 2. The number of aromatic nitrogens is 1. The summed E-state index contributed by atoms with van der Waals surface area (Å²) in [6, 6.07) is 21.3. The van der Waals surface area contributed by atoms with Crippen molar-refractivity contribution in [2.75, 3.05) is 10.6 Å². The zero-order valence-corrected chi connectivity index (χ0v) is 15.0. The van der Waals surface area contributed by atoms with Crippen LogP contribution in [0.5, 0.6) is 0 Å². The second-order valence-electron chi connectivity index (χ2n) is 5.97. The van der Waals surface area contributed by atoms with Gasteiger partial charge in [0.2, 0.25) is 0 Å². The number of anilines is 2. The predicted octanol–water partition coefficient (Wildman–Crippen LogP) is 5.92. The molecular weight excluding hydrogens is 342 g/mol. The summed E-state index contributed by atoms with van der Waals surface area (Å²) in [6.45, 7) is 1.98. The Morgan fingerprint density at radius 1 is 0.885 bits per heavy atom. The third-order valence-electron chi connectivity index (χ3n) is 4.04. The van der Waals surface area contributed by atoms with Gasteiger partial charge >= 0.3 is 6.03 Å². The summed E-state index contributed by atoms with van der Waals surface area (Å²) in [7, 11) is 0. The number of aryl methyl sites for hydroxylation is 1. The lowest BCUT2D eigenvalue weighted by atomic mass is 10.1. The highest BCUT2D eigenvalue weighted by Crippen LogP contribution is 2.24. The number of hydrogen-bond acceptors (Lipinski definition) is 3. The molecular formula is C21H17N3OS. The zero-order valence-electron chi connectivity index (χ0n) is 14.2. The van der Waals surface area contributed by atoms with E-state index in [1.807, 2.05) is 79.0 Å². The molecule has 26 heavy (non-hydrogen) atoms. The van der Waals surface area contributed by atoms with Gasteiger partial charge < -0.3 is 10.6 Å². The van der Waals surface area contributed by atoms with Gasteiger partial charge in [-0.05, 0) is 42.0 Å². The van der Waals surface area contributed by atoms with E-state index in [2.05, 4.69) is 15.6 Å². The molecule has 0 fully saturated rings. The van der Waals surface area contributed by atoms with Gasteiger partial charge in [0.15, 0.2) is 0 Å². The SMILES string of the molecule is Cc1nc(-c2cccc(NC(=O)Nc3ccc4ccccc4c3)c2)cs1. The van der Waals surface area contributed by atoms with Crippen molar-refractivity contribution in [3.8, 4) is 11.3 Å². The molecule has 128 valence electrons. The summed E-state index contributed by atoms with van der Waals surface area (Å²) in [5, 5.41) is 11.0. The minimum atomic E-state index is -0.271. The molecule has 0 saturated carbocycles. The molecule has 0 aliphatic rings. The Morgan fingerprint density at radius 3 is 2.42 bits per heavy atom. The molecule has 0 saturated heterocycles. The number of nitrogens with zero attached hydrogens (tertiary/aromatic N) is 1. The summed E-state index contributed by atoms with van der Waals surface area (Å²) in [4.78, 5) is 16.8. The quantitative estimate of drug-likeness (QED) is 0.477. The van der Waals surface area contributed by atoms with Gasteiger partial charge in [-0.1, -0.05) is 42.5 Å². The molecule has 2 N–H and O–H groups in total. The molecule has 0 aliphatic carbocycles. The predicted molar refractivity (Wildman–Crippen MR) is 109 cm³/mol. The average molecular weight is 359 g/mol. The summed E-state index contributed by atoms with van der Waals surface area (Å²) >= 11 is 1.61. The maximum absolute atomic E-state index is 12.3. The first-order chi connectivity index (χ1) is 12.7. The standard InChI is InChI=1S/C21H17N3OS/c1-14-22-20(13-26-14)17-7-4-8-18(12-17)23-21(25)24-19-10-9-15-5-2-3-6-16(15)11-19/h2-13H,1H3,(H2,23,24,25). The van der Waals surface area contributed by atoms with Crippen LogP contribution in [0.2, 0.25) is 0 Å². The van der Waals surface area contributed by atoms with Crippen LogP contribution in [0.4, 0.5) is 16.2 Å². The average Bonchev–Trinajstić information content (AvgIpc) is 3.08. The number of rotatable bonds is 3. The van der Waals surface area contributed by atoms with E-state index < -0.39 is 0 Å². The normalized spacial score (nSPS) is 10.7. The molecule has 0 radical (unpaired) electrons. The molecule has 4 aromatic rings. The van der Waals surface area contributed by atoms with Gasteiger partial charge in [0.05, 0.1) is 10.7 Å². The molecule has 0 atom stereocenters. The van der Waals surface area contributed by atoms with Crippen LogP contribution >= 0.6 is 11.3 Å². The van der Waals surface area contributed by atoms with E-state index >= 15 is 0 Å². The van der Waals surface area contributed by atoms with Crippen LogP contribution in [0.25, 0.3) is 22.0 Å². The Labute approximate surface area is 155 Å². The van der Waals surface area contributed by atoms with Crippen molar-refractivity contribution in [1.82, 2.24) is 4.98 Å². The van der Waals surface area contributed by atoms with Gasteiger partial charge in [-0.25, -0.2) is 9.78 Å². The monoisotopic (exact) mass is 359 g/mol. The molecule has 1 heterocycles. The van der Waals surface area contributed by atoms with Crippen LogP contribution in [0, 0.1) is 6.92 Å². The highest BCUT2D eigenvalue weighted by Gasteiger charge is 2.06. The first-order valence-electron chi connectivity index (χ1n) is 8.27. The van der Waals surface area contributed by atoms with E-state index in [9.17, 15) is 4.79 Å². The summed E-state index contributed by atoms with van der Waals surface area (Å²) < 4.78 is 0. The van der Waals surface area contributed by atoms with Crippen LogP contribution < -0.4 is 10.6 Å². The number of urea groups is 1. The third-order valence-corrected chi connectivity index (χ3v) is 4.82. The van der Waals surface area contributed by atoms with Crippen molar-refractivity contribution in [3.63, 3.8) is 0 Å². The van der Waals surface area contributed by atoms with E-state index in [4.69, 9.17) is 0 Å². The molecule has 0 unspecified atom stereocenters. The Bertz CT molecular complexity index is 1090. The van der Waals surface area contributed by atoms with Crippen LogP contribution in [0.15, 0.2) is 72.1 Å². The molecule has 1 aromatic heterocycles. The van der Waals surface area contributed by atoms with Crippen molar-refractivity contribution in [3.05, 3.63) is 77.1 Å². The fourth-order valence-electron chi connectivity index (χ4n) is 2.81. The molecule has 4 rings (SSSR count). The highest BCUT2D eigenvalue weighted by molar-refractivity contribution is 7.09. The van der Waals surface area contributed by atoms with Gasteiger partial charge in [-0.3, -0.25) is 0 Å². The number of nitrogens with one attached hydrogen (secondary N) is 2. The van der Waals surface area contributed by atoms with Crippen LogP contribution in [0.1, 0.15) is 5.01 Å². The number of thiazole rings is 1. The lowest BCUT2D eigenvalue weighted by molar-refractivity contribution is 0.262. The zero-order chi connectivity index (χ0) is 17.9. The number of fused-ring (bicyclic) bond motifs is 1. The second-order valence-corrected chi connectivity index (χ2v) is 7.04. The molecule has 2 amide bonds. The van der Waals surface area contributed by atoms with Crippen molar-refractivity contribution in [2.45, 2.75) is 6.92 Å². The first-order valence-corrected chi connectivity index (χ1v) is 9.15. The largest absolute Gasteiger partial charge is 0.323 e. The Balaban J connectivity index is 1.49. The van der Waals surface area contributed by atoms with Crippen LogP contribution in [-0.4, -0.2) is 11.0 Å². The smallest absolute Gasteiger partial charge is 0.308 e. The van der Waals surface area contributed by atoms with E-state index in [1.54, 1.807) is 11.3 Å². The molecule has 0 spiro atoms. The third kappa shape index (κ3) is 3.58. The van der Waals surface area contributed by atoms with Crippen molar-refractivity contribution < 1.29 is 4.79 Å². The summed E-state index contributed by atoms with van der Waals surface area (Å²) in [5.41, 5.74) is 3.39. The van der Waals surface area contributed by atoms with Gasteiger partial charge in [-0.2, -0.15) is 0 Å². The number of carbonyl (C=O) groups is 1. The lowest BCUT2D eigenvalue weighted by Crippen LogP contribution is -2.19. The van der Waals surface area contributed by atoms with E-state index in [0.717, 1.165) is 38.4 Å². The summed E-state index contributed by atoms with van der Waals surface area (Å²) in [5.74, 6) is 0. The summed E-state index contributed by atoms with van der Waals surface area (Å²) in [6.07, 6.45) is 0. The van der Waals surface area contributed by atoms with Crippen molar-refractivity contribution in [1.29, 1.82) is 0 Å². The van der Waals surface area contributed by atoms with Crippen LogP contribution in [-0.2, 0) is 0 Å². The van der Waals surface area contributed by atoms with Crippen molar-refractivity contribution >= 4 is 39.5 Å². The molecule has 0 aliphatic heterocycles. The maximum Gasteiger partial charge on any atom is 0.323 e. The number of benzene rings is 3. The second kappa shape index (κ2) is 6.98. The Hall–Kier alpha value is -3.18. The molecule has 3 aromatic carbocycles. The van der Waals surface area contributed by atoms with Gasteiger partial charge in [0.1, 0.15) is 0 Å². The van der Waals surface area contributed by atoms with E-state index in [1.165, 1.54) is 0 Å². The first kappa shape index (κ1) is 16.3. The lowest BCUT2D eigenvalue weighted by Gasteiger charge is -2.09. The fourth-order valence-corrected chi connectivity index (χ4v) is 3.43. The molecule has 5 heteroatoms. The van der Waals surface area contributed by atoms with Gasteiger partial charge in [-0.15, -0.1) is 11.3 Å². The van der Waals surface area contributed by atoms with Gasteiger partial charge in [0.25, 0.3) is 0 Å². The van der Waals surface area contributed by atoms with Crippen molar-refractivity contribution in [2.24, 2.45) is 0 Å². The van der Waals surface area contributed by atoms with Gasteiger partial charge in [0, 0.05) is 22.3 Å². The molecule has 4 nitrogen and oxygen atoms in total. The number of carbonyl (C=O) groups excluding carboxylic acids is 1. The Morgan fingerprint density at radius 2 is 1.65 bits per heavy atom.